The average Bonchev–Trinajstić information content (AvgIpc) is 2.25. The molecule has 1 N–H and O–H groups in total. The summed E-state index contributed by atoms with van der Waals surface area (Å²) in [5, 5.41) is 3.00. The molecule has 1 fully saturated rings. The highest BCUT2D eigenvalue weighted by Gasteiger charge is 2.25. The number of halogens is 2. The second-order valence-electron chi connectivity index (χ2n) is 3.62. The molecule has 2 unspecified atom stereocenters. The monoisotopic (exact) mass is 321 g/mol. The summed E-state index contributed by atoms with van der Waals surface area (Å²) >= 11 is 2.23. The van der Waals surface area contributed by atoms with Crippen LogP contribution in [0.2, 0.25) is 0 Å². The van der Waals surface area contributed by atoms with E-state index in [0.717, 1.165) is 22.3 Å². The summed E-state index contributed by atoms with van der Waals surface area (Å²) in [6.45, 7) is 1.23. The van der Waals surface area contributed by atoms with E-state index in [4.69, 9.17) is 4.74 Å². The van der Waals surface area contributed by atoms with Gasteiger partial charge in [-0.15, -0.1) is 0 Å². The normalized spacial score (nSPS) is 26.3. The largest absolute Gasteiger partial charge is 0.487 e. The van der Waals surface area contributed by atoms with Crippen molar-refractivity contribution in [1.29, 1.82) is 0 Å². The van der Waals surface area contributed by atoms with Crippen LogP contribution in [0, 0.1) is 3.57 Å². The van der Waals surface area contributed by atoms with Crippen LogP contribution >= 0.6 is 22.6 Å². The van der Waals surface area contributed by atoms with E-state index >= 15 is 0 Å². The molecule has 1 aromatic carbocycles. The van der Waals surface area contributed by atoms with Crippen LogP contribution in [0.1, 0.15) is 6.42 Å². The van der Waals surface area contributed by atoms with Crippen LogP contribution in [0.25, 0.3) is 0 Å². The highest BCUT2D eigenvalue weighted by atomic mass is 127. The van der Waals surface area contributed by atoms with E-state index in [-0.39, 0.29) is 6.10 Å². The molecule has 1 heterocycles. The standard InChI is InChI=1S/C11H13FINO/c12-10-7-14-6-5-11(10)15-9-3-1-8(13)2-4-9/h1-4,10-11,14H,5-7H2. The van der Waals surface area contributed by atoms with Gasteiger partial charge < -0.3 is 10.1 Å². The smallest absolute Gasteiger partial charge is 0.149 e. The molecule has 82 valence electrons. The van der Waals surface area contributed by atoms with Gasteiger partial charge in [-0.25, -0.2) is 4.39 Å². The zero-order valence-electron chi connectivity index (χ0n) is 8.25. The summed E-state index contributed by atoms with van der Waals surface area (Å²) in [4.78, 5) is 0. The number of piperidine rings is 1. The minimum atomic E-state index is -0.905. The maximum atomic E-state index is 13.4. The molecule has 0 spiro atoms. The van der Waals surface area contributed by atoms with Crippen molar-refractivity contribution >= 4 is 22.6 Å². The van der Waals surface area contributed by atoms with Crippen LogP contribution < -0.4 is 10.1 Å². The maximum Gasteiger partial charge on any atom is 0.149 e. The lowest BCUT2D eigenvalue weighted by Crippen LogP contribution is -2.44. The van der Waals surface area contributed by atoms with Crippen molar-refractivity contribution in [1.82, 2.24) is 5.32 Å². The first-order valence-electron chi connectivity index (χ1n) is 5.03. The fourth-order valence-electron chi connectivity index (χ4n) is 1.62. The van der Waals surface area contributed by atoms with E-state index in [1.165, 1.54) is 0 Å². The summed E-state index contributed by atoms with van der Waals surface area (Å²) in [6, 6.07) is 7.70. The van der Waals surface area contributed by atoms with Gasteiger partial charge in [-0.2, -0.15) is 0 Å². The number of rotatable bonds is 2. The summed E-state index contributed by atoms with van der Waals surface area (Å²) in [6.07, 6.45) is -0.475. The Labute approximate surface area is 102 Å². The molecule has 2 nitrogen and oxygen atoms in total. The van der Waals surface area contributed by atoms with E-state index < -0.39 is 6.17 Å². The Kier molecular flexibility index (Phi) is 3.80. The molecule has 2 atom stereocenters. The molecule has 2 rings (SSSR count). The topological polar surface area (TPSA) is 21.3 Å². The van der Waals surface area contributed by atoms with Crippen LogP contribution in [-0.2, 0) is 0 Å². The third-order valence-electron chi connectivity index (χ3n) is 2.45. The number of hydrogen-bond acceptors (Lipinski definition) is 2. The molecule has 1 aliphatic rings. The Hall–Kier alpha value is -0.360. The zero-order valence-corrected chi connectivity index (χ0v) is 10.4. The summed E-state index contributed by atoms with van der Waals surface area (Å²) in [7, 11) is 0. The van der Waals surface area contributed by atoms with Gasteiger partial charge >= 0.3 is 0 Å². The van der Waals surface area contributed by atoms with Crippen LogP contribution in [0.15, 0.2) is 24.3 Å². The first kappa shape index (κ1) is 11.1. The van der Waals surface area contributed by atoms with Gasteiger partial charge in [0, 0.05) is 10.1 Å². The Balaban J connectivity index is 1.98. The molecule has 1 aromatic rings. The molecular weight excluding hydrogens is 308 g/mol. The predicted octanol–water partition coefficient (Wildman–Crippen LogP) is 2.37. The summed E-state index contributed by atoms with van der Waals surface area (Å²) in [5.74, 6) is 0.755. The summed E-state index contributed by atoms with van der Waals surface area (Å²) < 4.78 is 20.2. The van der Waals surface area contributed by atoms with Crippen molar-refractivity contribution in [3.8, 4) is 5.75 Å². The van der Waals surface area contributed by atoms with E-state index in [0.29, 0.717) is 6.54 Å². The number of nitrogens with one attached hydrogen (secondary N) is 1. The lowest BCUT2D eigenvalue weighted by Gasteiger charge is -2.27. The van der Waals surface area contributed by atoms with Gasteiger partial charge in [0.25, 0.3) is 0 Å². The highest BCUT2D eigenvalue weighted by Crippen LogP contribution is 2.19. The third-order valence-corrected chi connectivity index (χ3v) is 3.17. The molecule has 15 heavy (non-hydrogen) atoms. The van der Waals surface area contributed by atoms with E-state index in [2.05, 4.69) is 27.9 Å². The zero-order chi connectivity index (χ0) is 10.7. The number of hydrogen-bond donors (Lipinski definition) is 1. The van der Waals surface area contributed by atoms with Crippen molar-refractivity contribution in [3.63, 3.8) is 0 Å². The van der Waals surface area contributed by atoms with Crippen molar-refractivity contribution in [2.45, 2.75) is 18.7 Å². The van der Waals surface area contributed by atoms with Crippen LogP contribution in [0.4, 0.5) is 4.39 Å². The highest BCUT2D eigenvalue weighted by molar-refractivity contribution is 14.1. The van der Waals surface area contributed by atoms with E-state index in [1.807, 2.05) is 24.3 Å². The quantitative estimate of drug-likeness (QED) is 0.845. The van der Waals surface area contributed by atoms with Crippen molar-refractivity contribution in [3.05, 3.63) is 27.8 Å². The Morgan fingerprint density at radius 1 is 1.33 bits per heavy atom. The van der Waals surface area contributed by atoms with Gasteiger partial charge in [-0.1, -0.05) is 0 Å². The molecule has 4 heteroatoms. The molecular formula is C11H13FINO. The van der Waals surface area contributed by atoms with Crippen molar-refractivity contribution in [2.75, 3.05) is 13.1 Å². The van der Waals surface area contributed by atoms with Crippen LogP contribution in [0.3, 0.4) is 0 Å². The van der Waals surface area contributed by atoms with Gasteiger partial charge in [0.1, 0.15) is 18.0 Å². The molecule has 0 aromatic heterocycles. The molecule has 0 radical (unpaired) electrons. The van der Waals surface area contributed by atoms with E-state index in [9.17, 15) is 4.39 Å². The fourth-order valence-corrected chi connectivity index (χ4v) is 1.98. The van der Waals surface area contributed by atoms with Gasteiger partial charge in [0.15, 0.2) is 0 Å². The van der Waals surface area contributed by atoms with Gasteiger partial charge in [0.05, 0.1) is 0 Å². The van der Waals surface area contributed by atoms with Crippen molar-refractivity contribution < 1.29 is 9.13 Å². The van der Waals surface area contributed by atoms with Gasteiger partial charge in [0.2, 0.25) is 0 Å². The molecule has 1 aliphatic heterocycles. The van der Waals surface area contributed by atoms with E-state index in [1.54, 1.807) is 0 Å². The minimum absolute atomic E-state index is 0.300. The fraction of sp³-hybridized carbons (Fsp3) is 0.455. The summed E-state index contributed by atoms with van der Waals surface area (Å²) in [5.41, 5.74) is 0. The maximum absolute atomic E-state index is 13.4. The van der Waals surface area contributed by atoms with Gasteiger partial charge in [-0.3, -0.25) is 0 Å². The second-order valence-corrected chi connectivity index (χ2v) is 4.86. The lowest BCUT2D eigenvalue weighted by molar-refractivity contribution is 0.0731. The Bertz CT molecular complexity index is 317. The molecule has 0 bridgehead atoms. The predicted molar refractivity (Wildman–Crippen MR) is 66.0 cm³/mol. The number of benzene rings is 1. The average molecular weight is 321 g/mol. The first-order valence-corrected chi connectivity index (χ1v) is 6.10. The number of alkyl halides is 1. The molecule has 0 saturated carbocycles. The first-order chi connectivity index (χ1) is 7.25. The molecule has 0 aliphatic carbocycles. The minimum Gasteiger partial charge on any atom is -0.487 e. The Morgan fingerprint density at radius 2 is 2.07 bits per heavy atom. The van der Waals surface area contributed by atoms with Crippen molar-refractivity contribution in [2.24, 2.45) is 0 Å². The SMILES string of the molecule is FC1CNCCC1Oc1ccc(I)cc1. The number of ether oxygens (including phenoxy) is 1. The van der Waals surface area contributed by atoms with Crippen LogP contribution in [0.5, 0.6) is 5.75 Å². The lowest BCUT2D eigenvalue weighted by atomic mass is 10.1. The Morgan fingerprint density at radius 3 is 2.73 bits per heavy atom. The molecule has 0 amide bonds. The molecule has 1 saturated heterocycles. The van der Waals surface area contributed by atoms with Gasteiger partial charge in [-0.05, 0) is 59.8 Å². The third kappa shape index (κ3) is 3.04. The van der Waals surface area contributed by atoms with Crippen LogP contribution in [-0.4, -0.2) is 25.4 Å². The second kappa shape index (κ2) is 5.12.